The lowest BCUT2D eigenvalue weighted by atomic mass is 10.1. The van der Waals surface area contributed by atoms with Crippen LogP contribution in [0.1, 0.15) is 17.2 Å². The Morgan fingerprint density at radius 3 is 2.76 bits per heavy atom. The average molecular weight is 337 g/mol. The molecule has 0 aliphatic carbocycles. The minimum Gasteiger partial charge on any atom is -0.454 e. The molecule has 1 amide bonds. The van der Waals surface area contributed by atoms with Crippen LogP contribution in [-0.2, 0) is 4.79 Å². The SMILES string of the molecule is O=C(/C=C/C=C/c1ccc2c(c1)OCO2)NCC(O)c1ccccc1. The maximum absolute atomic E-state index is 11.8. The molecule has 1 unspecified atom stereocenters. The molecule has 1 heterocycles. The lowest BCUT2D eigenvalue weighted by molar-refractivity contribution is -0.116. The highest BCUT2D eigenvalue weighted by Crippen LogP contribution is 2.32. The van der Waals surface area contributed by atoms with Gasteiger partial charge in [0.1, 0.15) is 0 Å². The molecule has 3 rings (SSSR count). The number of carbonyl (C=O) groups excluding carboxylic acids is 1. The zero-order valence-corrected chi connectivity index (χ0v) is 13.6. The monoisotopic (exact) mass is 337 g/mol. The van der Waals surface area contributed by atoms with Crippen LogP contribution in [0.5, 0.6) is 11.5 Å². The number of carbonyl (C=O) groups is 1. The molecule has 0 radical (unpaired) electrons. The molecule has 0 bridgehead atoms. The summed E-state index contributed by atoms with van der Waals surface area (Å²) in [6.45, 7) is 0.413. The number of ether oxygens (including phenoxy) is 2. The van der Waals surface area contributed by atoms with E-state index in [0.717, 1.165) is 22.6 Å². The molecule has 2 N–H and O–H groups in total. The van der Waals surface area contributed by atoms with Gasteiger partial charge >= 0.3 is 0 Å². The topological polar surface area (TPSA) is 67.8 Å². The van der Waals surface area contributed by atoms with Crippen molar-refractivity contribution in [2.24, 2.45) is 0 Å². The predicted molar refractivity (Wildman–Crippen MR) is 95.2 cm³/mol. The maximum Gasteiger partial charge on any atom is 0.244 e. The van der Waals surface area contributed by atoms with Crippen molar-refractivity contribution in [3.05, 3.63) is 77.9 Å². The third kappa shape index (κ3) is 4.71. The second-order valence-corrected chi connectivity index (χ2v) is 5.50. The van der Waals surface area contributed by atoms with Gasteiger partial charge in [-0.25, -0.2) is 0 Å². The minimum atomic E-state index is -0.720. The third-order valence-corrected chi connectivity index (χ3v) is 3.70. The summed E-state index contributed by atoms with van der Waals surface area (Å²) in [6.07, 6.45) is 5.98. The molecule has 1 aliphatic heterocycles. The first-order valence-electron chi connectivity index (χ1n) is 7.97. The number of amides is 1. The lowest BCUT2D eigenvalue weighted by Gasteiger charge is -2.10. The Morgan fingerprint density at radius 2 is 1.92 bits per heavy atom. The summed E-state index contributed by atoms with van der Waals surface area (Å²) < 4.78 is 10.6. The second-order valence-electron chi connectivity index (χ2n) is 5.50. The van der Waals surface area contributed by atoms with Crippen molar-refractivity contribution in [3.63, 3.8) is 0 Å². The van der Waals surface area contributed by atoms with Crippen LogP contribution in [0.25, 0.3) is 6.08 Å². The number of hydrogen-bond acceptors (Lipinski definition) is 4. The molecule has 0 saturated carbocycles. The summed E-state index contributed by atoms with van der Waals surface area (Å²) in [5.41, 5.74) is 1.73. The van der Waals surface area contributed by atoms with Crippen LogP contribution in [0.15, 0.2) is 66.8 Å². The minimum absolute atomic E-state index is 0.166. The Balaban J connectivity index is 1.46. The molecular weight excluding hydrogens is 318 g/mol. The van der Waals surface area contributed by atoms with Gasteiger partial charge in [0.25, 0.3) is 0 Å². The van der Waals surface area contributed by atoms with E-state index >= 15 is 0 Å². The van der Waals surface area contributed by atoms with E-state index in [9.17, 15) is 9.90 Å². The summed E-state index contributed by atoms with van der Waals surface area (Å²) in [6, 6.07) is 14.9. The van der Waals surface area contributed by atoms with E-state index in [1.807, 2.05) is 54.6 Å². The highest BCUT2D eigenvalue weighted by molar-refractivity contribution is 5.87. The number of nitrogens with one attached hydrogen (secondary N) is 1. The first-order valence-corrected chi connectivity index (χ1v) is 7.97. The number of rotatable bonds is 6. The van der Waals surface area contributed by atoms with Gasteiger partial charge in [-0.2, -0.15) is 0 Å². The molecule has 0 spiro atoms. The quantitative estimate of drug-likeness (QED) is 0.628. The van der Waals surface area contributed by atoms with Crippen LogP contribution in [0.2, 0.25) is 0 Å². The summed E-state index contributed by atoms with van der Waals surface area (Å²) in [4.78, 5) is 11.8. The number of aliphatic hydroxyl groups is 1. The average Bonchev–Trinajstić information content (AvgIpc) is 3.12. The van der Waals surface area contributed by atoms with Gasteiger partial charge in [-0.3, -0.25) is 4.79 Å². The number of aliphatic hydroxyl groups excluding tert-OH is 1. The molecule has 0 fully saturated rings. The van der Waals surface area contributed by atoms with E-state index < -0.39 is 6.10 Å². The largest absolute Gasteiger partial charge is 0.454 e. The molecule has 25 heavy (non-hydrogen) atoms. The molecular formula is C20H19NO4. The van der Waals surface area contributed by atoms with Crippen molar-refractivity contribution < 1.29 is 19.4 Å². The summed E-state index contributed by atoms with van der Waals surface area (Å²) >= 11 is 0. The molecule has 2 aromatic carbocycles. The molecule has 5 heteroatoms. The van der Waals surface area contributed by atoms with E-state index in [0.29, 0.717) is 0 Å². The fourth-order valence-electron chi connectivity index (χ4n) is 2.38. The van der Waals surface area contributed by atoms with Crippen molar-refractivity contribution in [2.45, 2.75) is 6.10 Å². The molecule has 0 saturated heterocycles. The van der Waals surface area contributed by atoms with Crippen LogP contribution < -0.4 is 14.8 Å². The van der Waals surface area contributed by atoms with E-state index in [2.05, 4.69) is 5.32 Å². The van der Waals surface area contributed by atoms with E-state index in [4.69, 9.17) is 9.47 Å². The zero-order chi connectivity index (χ0) is 17.5. The van der Waals surface area contributed by atoms with E-state index in [1.54, 1.807) is 12.2 Å². The Kier molecular flexibility index (Phi) is 5.49. The van der Waals surface area contributed by atoms with Crippen LogP contribution in [0.4, 0.5) is 0 Å². The number of benzene rings is 2. The van der Waals surface area contributed by atoms with Gasteiger partial charge in [-0.15, -0.1) is 0 Å². The molecule has 0 aromatic heterocycles. The van der Waals surface area contributed by atoms with Crippen molar-refractivity contribution in [3.8, 4) is 11.5 Å². The van der Waals surface area contributed by atoms with E-state index in [1.165, 1.54) is 6.08 Å². The highest BCUT2D eigenvalue weighted by Gasteiger charge is 2.12. The van der Waals surface area contributed by atoms with Gasteiger partial charge in [-0.1, -0.05) is 54.6 Å². The standard InChI is InChI=1S/C20H19NO4/c22-17(16-7-2-1-3-8-16)13-21-20(23)9-5-4-6-15-10-11-18-19(12-15)25-14-24-18/h1-12,17,22H,13-14H2,(H,21,23)/b6-4+,9-5+. The fourth-order valence-corrected chi connectivity index (χ4v) is 2.38. The van der Waals surface area contributed by atoms with Crippen LogP contribution in [0.3, 0.4) is 0 Å². The van der Waals surface area contributed by atoms with Crippen molar-refractivity contribution in [1.29, 1.82) is 0 Å². The molecule has 128 valence electrons. The van der Waals surface area contributed by atoms with Crippen LogP contribution in [0, 0.1) is 0 Å². The number of hydrogen-bond donors (Lipinski definition) is 2. The van der Waals surface area contributed by atoms with Crippen molar-refractivity contribution >= 4 is 12.0 Å². The number of fused-ring (bicyclic) bond motifs is 1. The molecule has 2 aromatic rings. The van der Waals surface area contributed by atoms with Gasteiger partial charge in [0.2, 0.25) is 12.7 Å². The van der Waals surface area contributed by atoms with Gasteiger partial charge in [0, 0.05) is 12.6 Å². The van der Waals surface area contributed by atoms with Gasteiger partial charge in [-0.05, 0) is 23.3 Å². The molecule has 1 aliphatic rings. The van der Waals surface area contributed by atoms with E-state index in [-0.39, 0.29) is 19.2 Å². The predicted octanol–water partition coefficient (Wildman–Crippen LogP) is 2.83. The Labute approximate surface area is 146 Å². The maximum atomic E-state index is 11.8. The third-order valence-electron chi connectivity index (χ3n) is 3.70. The highest BCUT2D eigenvalue weighted by atomic mass is 16.7. The normalized spacial score (nSPS) is 14.1. The Morgan fingerprint density at radius 1 is 1.12 bits per heavy atom. The Hall–Kier alpha value is -3.05. The fraction of sp³-hybridized carbons (Fsp3) is 0.150. The summed E-state index contributed by atoms with van der Waals surface area (Å²) in [7, 11) is 0. The van der Waals surface area contributed by atoms with Crippen molar-refractivity contribution in [2.75, 3.05) is 13.3 Å². The Bertz CT molecular complexity index is 784. The first kappa shape index (κ1) is 16.8. The smallest absolute Gasteiger partial charge is 0.244 e. The number of allylic oxidation sites excluding steroid dienone is 2. The first-order chi connectivity index (χ1) is 12.2. The lowest BCUT2D eigenvalue weighted by Crippen LogP contribution is -2.26. The summed E-state index contributed by atoms with van der Waals surface area (Å²) in [5.74, 6) is 1.20. The summed E-state index contributed by atoms with van der Waals surface area (Å²) in [5, 5.41) is 12.7. The second kappa shape index (κ2) is 8.17. The van der Waals surface area contributed by atoms with Crippen molar-refractivity contribution in [1.82, 2.24) is 5.32 Å². The van der Waals surface area contributed by atoms with Gasteiger partial charge < -0.3 is 19.9 Å². The molecule has 5 nitrogen and oxygen atoms in total. The molecule has 1 atom stereocenters. The van der Waals surface area contributed by atoms with Gasteiger partial charge in [0.05, 0.1) is 6.10 Å². The van der Waals surface area contributed by atoms with Gasteiger partial charge in [0.15, 0.2) is 11.5 Å². The van der Waals surface area contributed by atoms with Crippen LogP contribution in [-0.4, -0.2) is 24.4 Å². The zero-order valence-electron chi connectivity index (χ0n) is 13.6. The van der Waals surface area contributed by atoms with Crippen LogP contribution >= 0.6 is 0 Å².